The van der Waals surface area contributed by atoms with Gasteiger partial charge >= 0.3 is 6.09 Å². The predicted octanol–water partition coefficient (Wildman–Crippen LogP) is 5.27. The Hall–Kier alpha value is -3.06. The number of amides is 2. The number of hydrogen-bond donors (Lipinski definition) is 2. The number of ether oxygens (including phenoxy) is 1. The molecule has 1 aromatic heterocycles. The Kier molecular flexibility index (Phi) is 7.18. The van der Waals surface area contributed by atoms with E-state index in [1.807, 2.05) is 12.1 Å². The molecule has 0 radical (unpaired) electrons. The average Bonchev–Trinajstić information content (AvgIpc) is 3.29. The molecule has 2 aromatic carbocycles. The third-order valence-electron chi connectivity index (χ3n) is 6.15. The van der Waals surface area contributed by atoms with Crippen molar-refractivity contribution in [1.82, 2.24) is 20.4 Å². The number of piperidine rings is 1. The molecule has 8 heteroatoms. The standard InChI is InChI=1S/C25H29ClN4O3/c1-16(2)14-21(28-24(31)18-6-8-20(26)9-7-18)17-10-12-30(13-11-17)25(32)33-22-5-3-4-19-15-27-29-23(19)22/h3-9,15-17,21H,10-14H2,1-2H3,(H,27,29)(H,28,31). The van der Waals surface area contributed by atoms with Gasteiger partial charge in [0.2, 0.25) is 0 Å². The van der Waals surface area contributed by atoms with E-state index in [2.05, 4.69) is 29.4 Å². The highest BCUT2D eigenvalue weighted by Gasteiger charge is 2.31. The monoisotopic (exact) mass is 468 g/mol. The number of halogens is 1. The molecule has 0 saturated carbocycles. The van der Waals surface area contributed by atoms with Crippen LogP contribution in [0, 0.1) is 11.8 Å². The van der Waals surface area contributed by atoms with Gasteiger partial charge in [-0.05, 0) is 61.4 Å². The first kappa shape index (κ1) is 23.1. The van der Waals surface area contributed by atoms with Gasteiger partial charge in [0.05, 0.1) is 6.20 Å². The SMILES string of the molecule is CC(C)CC(NC(=O)c1ccc(Cl)cc1)C1CCN(C(=O)Oc2cccc3cn[nH]c23)CC1. The van der Waals surface area contributed by atoms with Gasteiger partial charge in [-0.15, -0.1) is 0 Å². The van der Waals surface area contributed by atoms with Gasteiger partial charge in [0, 0.05) is 35.1 Å². The van der Waals surface area contributed by atoms with Gasteiger partial charge < -0.3 is 15.0 Å². The largest absolute Gasteiger partial charge is 0.415 e. The van der Waals surface area contributed by atoms with Crippen LogP contribution < -0.4 is 10.1 Å². The van der Waals surface area contributed by atoms with Crippen molar-refractivity contribution >= 4 is 34.5 Å². The van der Waals surface area contributed by atoms with Crippen molar-refractivity contribution in [1.29, 1.82) is 0 Å². The van der Waals surface area contributed by atoms with Crippen molar-refractivity contribution < 1.29 is 14.3 Å². The van der Waals surface area contributed by atoms with Crippen LogP contribution in [-0.2, 0) is 0 Å². The number of carbonyl (C=O) groups excluding carboxylic acids is 2. The summed E-state index contributed by atoms with van der Waals surface area (Å²) in [6.07, 6.45) is 3.84. The smallest absolute Gasteiger partial charge is 0.408 e. The normalized spacial score (nSPS) is 15.6. The van der Waals surface area contributed by atoms with E-state index in [-0.39, 0.29) is 18.0 Å². The van der Waals surface area contributed by atoms with Crippen LogP contribution in [0.15, 0.2) is 48.7 Å². The number of likely N-dealkylation sites (tertiary alicyclic amines) is 1. The zero-order chi connectivity index (χ0) is 23.4. The second kappa shape index (κ2) is 10.3. The molecule has 1 aliphatic heterocycles. The summed E-state index contributed by atoms with van der Waals surface area (Å²) in [5.74, 6) is 1.12. The van der Waals surface area contributed by atoms with Crippen LogP contribution in [0.5, 0.6) is 5.75 Å². The number of H-pyrrole nitrogens is 1. The number of rotatable bonds is 6. The van der Waals surface area contributed by atoms with Gasteiger partial charge in [-0.25, -0.2) is 4.79 Å². The van der Waals surface area contributed by atoms with Gasteiger partial charge in [-0.1, -0.05) is 37.6 Å². The van der Waals surface area contributed by atoms with E-state index in [0.717, 1.165) is 24.6 Å². The number of carbonyl (C=O) groups is 2. The summed E-state index contributed by atoms with van der Waals surface area (Å²) < 4.78 is 5.65. The maximum Gasteiger partial charge on any atom is 0.415 e. The Bertz CT molecular complexity index is 1100. The van der Waals surface area contributed by atoms with E-state index in [1.54, 1.807) is 41.4 Å². The fourth-order valence-electron chi connectivity index (χ4n) is 4.40. The lowest BCUT2D eigenvalue weighted by molar-refractivity contribution is 0.0871. The molecule has 2 amide bonds. The zero-order valence-electron chi connectivity index (χ0n) is 18.9. The first-order valence-electron chi connectivity index (χ1n) is 11.4. The summed E-state index contributed by atoms with van der Waals surface area (Å²) in [6.45, 7) is 5.50. The molecule has 0 spiro atoms. The number of nitrogens with one attached hydrogen (secondary N) is 2. The topological polar surface area (TPSA) is 87.3 Å². The molecular formula is C25H29ClN4O3. The molecule has 2 N–H and O–H groups in total. The first-order valence-corrected chi connectivity index (χ1v) is 11.7. The highest BCUT2D eigenvalue weighted by Crippen LogP contribution is 2.27. The summed E-state index contributed by atoms with van der Waals surface area (Å²) in [4.78, 5) is 27.3. The molecule has 1 atom stereocenters. The molecule has 0 bridgehead atoms. The van der Waals surface area contributed by atoms with Crippen molar-refractivity contribution in [3.63, 3.8) is 0 Å². The number of fused-ring (bicyclic) bond motifs is 1. The Morgan fingerprint density at radius 2 is 1.91 bits per heavy atom. The number of aromatic amines is 1. The summed E-state index contributed by atoms with van der Waals surface area (Å²) in [7, 11) is 0. The molecule has 1 aliphatic rings. The van der Waals surface area contributed by atoms with Gasteiger partial charge in [0.25, 0.3) is 5.91 Å². The van der Waals surface area contributed by atoms with Crippen LogP contribution in [-0.4, -0.2) is 46.2 Å². The Labute approximate surface area is 198 Å². The fraction of sp³-hybridized carbons (Fsp3) is 0.400. The Balaban J connectivity index is 1.36. The Morgan fingerprint density at radius 1 is 1.18 bits per heavy atom. The number of nitrogens with zero attached hydrogens (tertiary/aromatic N) is 2. The quantitative estimate of drug-likeness (QED) is 0.515. The predicted molar refractivity (Wildman–Crippen MR) is 129 cm³/mol. The molecule has 33 heavy (non-hydrogen) atoms. The summed E-state index contributed by atoms with van der Waals surface area (Å²) in [6, 6.07) is 12.5. The van der Waals surface area contributed by atoms with Crippen molar-refractivity contribution in [3.8, 4) is 5.75 Å². The molecular weight excluding hydrogens is 440 g/mol. The lowest BCUT2D eigenvalue weighted by Crippen LogP contribution is -2.47. The third-order valence-corrected chi connectivity index (χ3v) is 6.40. The van der Waals surface area contributed by atoms with Crippen molar-refractivity contribution in [2.75, 3.05) is 13.1 Å². The molecule has 3 aromatic rings. The molecule has 4 rings (SSSR count). The molecule has 1 unspecified atom stereocenters. The van der Waals surface area contributed by atoms with E-state index in [1.165, 1.54) is 0 Å². The van der Waals surface area contributed by atoms with Gasteiger partial charge in [-0.2, -0.15) is 5.10 Å². The van der Waals surface area contributed by atoms with Crippen LogP contribution >= 0.6 is 11.6 Å². The van der Waals surface area contributed by atoms with Crippen molar-refractivity contribution in [2.24, 2.45) is 11.8 Å². The van der Waals surface area contributed by atoms with E-state index < -0.39 is 0 Å². The average molecular weight is 469 g/mol. The van der Waals surface area contributed by atoms with E-state index in [9.17, 15) is 9.59 Å². The van der Waals surface area contributed by atoms with E-state index >= 15 is 0 Å². The molecule has 1 saturated heterocycles. The highest BCUT2D eigenvalue weighted by atomic mass is 35.5. The molecule has 1 fully saturated rings. The van der Waals surface area contributed by atoms with Crippen LogP contribution in [0.25, 0.3) is 10.9 Å². The number of benzene rings is 2. The fourth-order valence-corrected chi connectivity index (χ4v) is 4.53. The lowest BCUT2D eigenvalue weighted by Gasteiger charge is -2.36. The number of para-hydroxylation sites is 1. The second-order valence-corrected chi connectivity index (χ2v) is 9.44. The molecule has 7 nitrogen and oxygen atoms in total. The minimum atomic E-state index is -0.360. The lowest BCUT2D eigenvalue weighted by atomic mass is 9.85. The van der Waals surface area contributed by atoms with Crippen LogP contribution in [0.2, 0.25) is 5.02 Å². The maximum absolute atomic E-state index is 12.8. The van der Waals surface area contributed by atoms with Crippen molar-refractivity contribution in [3.05, 3.63) is 59.2 Å². The molecule has 0 aliphatic carbocycles. The maximum atomic E-state index is 12.8. The second-order valence-electron chi connectivity index (χ2n) is 9.00. The summed E-state index contributed by atoms with van der Waals surface area (Å²) >= 11 is 5.95. The minimum Gasteiger partial charge on any atom is -0.408 e. The first-order chi connectivity index (χ1) is 15.9. The Morgan fingerprint density at radius 3 is 2.61 bits per heavy atom. The minimum absolute atomic E-state index is 0.0464. The van der Waals surface area contributed by atoms with Gasteiger partial charge in [-0.3, -0.25) is 9.89 Å². The summed E-state index contributed by atoms with van der Waals surface area (Å²) in [5, 5.41) is 11.6. The highest BCUT2D eigenvalue weighted by molar-refractivity contribution is 6.30. The third kappa shape index (κ3) is 5.66. The van der Waals surface area contributed by atoms with Crippen LogP contribution in [0.4, 0.5) is 4.79 Å². The zero-order valence-corrected chi connectivity index (χ0v) is 19.6. The number of aromatic nitrogens is 2. The van der Waals surface area contributed by atoms with E-state index in [0.29, 0.717) is 46.8 Å². The van der Waals surface area contributed by atoms with Gasteiger partial charge in [0.1, 0.15) is 5.52 Å². The van der Waals surface area contributed by atoms with E-state index in [4.69, 9.17) is 16.3 Å². The van der Waals surface area contributed by atoms with Crippen LogP contribution in [0.1, 0.15) is 43.5 Å². The molecule has 2 heterocycles. The van der Waals surface area contributed by atoms with Gasteiger partial charge in [0.15, 0.2) is 5.75 Å². The summed E-state index contributed by atoms with van der Waals surface area (Å²) in [5.41, 5.74) is 1.31. The van der Waals surface area contributed by atoms with Crippen molar-refractivity contribution in [2.45, 2.75) is 39.2 Å². The van der Waals surface area contributed by atoms with Crippen LogP contribution in [0.3, 0.4) is 0 Å². The molecule has 174 valence electrons. The number of hydrogen-bond acceptors (Lipinski definition) is 4.